The molecule has 1 aliphatic rings. The van der Waals surface area contributed by atoms with E-state index >= 15 is 0 Å². The lowest BCUT2D eigenvalue weighted by atomic mass is 9.96. The Labute approximate surface area is 402 Å². The third-order valence-electron chi connectivity index (χ3n) is 11.0. The molecule has 2 aromatic carbocycles. The fraction of sp³-hybridized carbons (Fsp3) is 0.467. The minimum atomic E-state index is -1.84. The maximum Gasteiger partial charge on any atom is 0.245 e. The molecular weight excluding hydrogens is 917 g/mol. The van der Waals surface area contributed by atoms with Gasteiger partial charge in [-0.2, -0.15) is 0 Å². The second kappa shape index (κ2) is 27.6. The SMILES string of the molecule is CCC(C)C1NC(=O)[C@H](Cc2ccc(O)cc2)NC(=O)CNC(=O)CC[C@@H](C(=O)N(C)CC(=O)N[C@@H](Cc2ccccc2)C(=O)NCC(N)=O)NC(=O)C(CC(N)=O)NC(=O)[C@H](CCC(N)=O)NC1=O. The molecule has 70 heavy (non-hydrogen) atoms. The Bertz CT molecular complexity index is 2250. The number of hydrogen-bond acceptors (Lipinski definition) is 13. The Balaban J connectivity index is 2.01. The molecule has 0 aromatic heterocycles. The van der Waals surface area contributed by atoms with Crippen LogP contribution in [0.2, 0.25) is 0 Å². The number of rotatable bonds is 18. The van der Waals surface area contributed by atoms with Crippen LogP contribution in [0.1, 0.15) is 63.5 Å². The summed E-state index contributed by atoms with van der Waals surface area (Å²) in [5, 5.41) is 29.3. The Morgan fingerprint density at radius 3 is 1.99 bits per heavy atom. The van der Waals surface area contributed by atoms with Crippen molar-refractivity contribution in [3.8, 4) is 5.75 Å². The van der Waals surface area contributed by atoms with Crippen LogP contribution in [0.3, 0.4) is 0 Å². The number of phenols is 1. The quantitative estimate of drug-likeness (QED) is 0.0669. The molecule has 0 radical (unpaired) electrons. The summed E-state index contributed by atoms with van der Waals surface area (Å²) in [6.45, 7) is 1.38. The lowest BCUT2D eigenvalue weighted by Crippen LogP contribution is -2.61. The highest BCUT2D eigenvalue weighted by molar-refractivity contribution is 5.99. The van der Waals surface area contributed by atoms with Crippen LogP contribution in [0.5, 0.6) is 5.75 Å². The molecule has 0 aliphatic carbocycles. The highest BCUT2D eigenvalue weighted by Gasteiger charge is 2.36. The Hall–Kier alpha value is -8.12. The van der Waals surface area contributed by atoms with Gasteiger partial charge in [0, 0.05) is 32.7 Å². The molecule has 12 amide bonds. The monoisotopic (exact) mass is 978 g/mol. The molecule has 25 heteroatoms. The van der Waals surface area contributed by atoms with Gasteiger partial charge in [0.05, 0.1) is 26.1 Å². The van der Waals surface area contributed by atoms with Crippen LogP contribution in [0.25, 0.3) is 0 Å². The van der Waals surface area contributed by atoms with Gasteiger partial charge >= 0.3 is 0 Å². The number of likely N-dealkylation sites (N-methyl/N-ethyl adjacent to an activating group) is 1. The average molecular weight is 979 g/mol. The number of amides is 12. The number of nitrogens with two attached hydrogens (primary N) is 3. The zero-order chi connectivity index (χ0) is 52.1. The summed E-state index contributed by atoms with van der Waals surface area (Å²) in [4.78, 5) is 159. The van der Waals surface area contributed by atoms with E-state index in [2.05, 4.69) is 42.5 Å². The van der Waals surface area contributed by atoms with Crippen molar-refractivity contribution < 1.29 is 62.6 Å². The largest absolute Gasteiger partial charge is 0.508 e. The van der Waals surface area contributed by atoms with Crippen molar-refractivity contribution >= 4 is 70.9 Å². The van der Waals surface area contributed by atoms with E-state index in [0.717, 1.165) is 4.90 Å². The molecule has 3 rings (SSSR count). The standard InChI is InChI=1S/C45H62N12O13/c1-4-24(2)39-44(69)53-28(14-16-33(46)59)41(66)55-32(20-34(47)60)42(67)54-29(15-17-36(62)49-22-37(63)51-31(43(68)56-39)19-26-10-12-27(58)13-11-26)45(70)57(3)23-38(64)52-30(40(65)50-21-35(48)61)18-25-8-6-5-7-9-25/h5-13,24,28-32,39,58H,4,14-23H2,1-3H3,(H2,46,59)(H2,47,60)(H2,48,61)(H,49,62)(H,50,65)(H,51,63)(H,52,64)(H,53,69)(H,54,67)(H,55,66)(H,56,68)/t24?,28-,29-,30-,31-,32?,39?/m0/s1. The van der Waals surface area contributed by atoms with Gasteiger partial charge in [-0.05, 0) is 42.0 Å². The van der Waals surface area contributed by atoms with Crippen molar-refractivity contribution in [2.75, 3.05) is 26.7 Å². The maximum atomic E-state index is 14.1. The summed E-state index contributed by atoms with van der Waals surface area (Å²) in [6.07, 6.45) is -2.70. The highest BCUT2D eigenvalue weighted by atomic mass is 16.3. The third kappa shape index (κ3) is 19.2. The third-order valence-corrected chi connectivity index (χ3v) is 11.0. The molecule has 1 aliphatic heterocycles. The summed E-state index contributed by atoms with van der Waals surface area (Å²) >= 11 is 0. The van der Waals surface area contributed by atoms with Crippen molar-refractivity contribution in [3.05, 3.63) is 65.7 Å². The molecule has 1 fully saturated rings. The number of hydrogen-bond donors (Lipinski definition) is 12. The first-order valence-corrected chi connectivity index (χ1v) is 22.3. The zero-order valence-corrected chi connectivity index (χ0v) is 39.0. The molecule has 7 atom stereocenters. The smallest absolute Gasteiger partial charge is 0.245 e. The lowest BCUT2D eigenvalue weighted by molar-refractivity contribution is -0.140. The molecule has 1 heterocycles. The molecule has 0 spiro atoms. The summed E-state index contributed by atoms with van der Waals surface area (Å²) in [6, 6.07) is 5.08. The number of carbonyl (C=O) groups excluding carboxylic acids is 12. The van der Waals surface area contributed by atoms with E-state index in [9.17, 15) is 62.6 Å². The first-order chi connectivity index (χ1) is 33.1. The van der Waals surface area contributed by atoms with Gasteiger partial charge in [-0.25, -0.2) is 0 Å². The molecule has 1 saturated heterocycles. The van der Waals surface area contributed by atoms with Gasteiger partial charge < -0.3 is 69.7 Å². The van der Waals surface area contributed by atoms with Gasteiger partial charge in [0.25, 0.3) is 0 Å². The van der Waals surface area contributed by atoms with E-state index in [1.165, 1.54) is 31.3 Å². The van der Waals surface area contributed by atoms with Gasteiger partial charge in [0.2, 0.25) is 70.9 Å². The van der Waals surface area contributed by atoms with E-state index < -0.39 is 165 Å². The van der Waals surface area contributed by atoms with Crippen LogP contribution in [0, 0.1) is 5.92 Å². The number of carbonyl (C=O) groups is 12. The van der Waals surface area contributed by atoms with E-state index in [0.29, 0.717) is 17.5 Å². The first-order valence-electron chi connectivity index (χ1n) is 22.3. The van der Waals surface area contributed by atoms with Gasteiger partial charge in [0.1, 0.15) is 42.0 Å². The van der Waals surface area contributed by atoms with Gasteiger partial charge in [-0.1, -0.05) is 62.7 Å². The van der Waals surface area contributed by atoms with E-state index in [1.807, 2.05) is 0 Å². The minimum absolute atomic E-state index is 0.0363. The number of nitrogens with zero attached hydrogens (tertiary/aromatic N) is 1. The van der Waals surface area contributed by atoms with Crippen molar-refractivity contribution in [1.82, 2.24) is 47.4 Å². The Kier molecular flexibility index (Phi) is 22.2. The predicted octanol–water partition coefficient (Wildman–Crippen LogP) is -4.76. The highest BCUT2D eigenvalue weighted by Crippen LogP contribution is 2.15. The topological polar surface area (TPSA) is 403 Å². The van der Waals surface area contributed by atoms with Crippen LogP contribution in [0.4, 0.5) is 0 Å². The molecule has 0 bridgehead atoms. The molecule has 0 saturated carbocycles. The predicted molar refractivity (Wildman–Crippen MR) is 247 cm³/mol. The van der Waals surface area contributed by atoms with Crippen molar-refractivity contribution in [3.63, 3.8) is 0 Å². The number of benzene rings is 2. The molecule has 380 valence electrons. The summed E-state index contributed by atoms with van der Waals surface area (Å²) in [5.74, 6) is -11.9. The minimum Gasteiger partial charge on any atom is -0.508 e. The van der Waals surface area contributed by atoms with E-state index in [-0.39, 0.29) is 18.6 Å². The Morgan fingerprint density at radius 1 is 0.743 bits per heavy atom. The normalized spacial score (nSPS) is 20.5. The van der Waals surface area contributed by atoms with Crippen molar-refractivity contribution in [2.24, 2.45) is 23.1 Å². The first kappa shape index (κ1) is 56.2. The lowest BCUT2D eigenvalue weighted by Gasteiger charge is -2.29. The van der Waals surface area contributed by atoms with Gasteiger partial charge in [0.15, 0.2) is 0 Å². The number of phenolic OH excluding ortho intramolecular Hbond substituents is 1. The molecule has 2 aromatic rings. The number of aromatic hydroxyl groups is 1. The summed E-state index contributed by atoms with van der Waals surface area (Å²) in [7, 11) is 1.17. The van der Waals surface area contributed by atoms with Crippen LogP contribution in [-0.4, -0.2) is 144 Å². The van der Waals surface area contributed by atoms with Crippen LogP contribution in [-0.2, 0) is 70.4 Å². The van der Waals surface area contributed by atoms with Crippen LogP contribution >= 0.6 is 0 Å². The average Bonchev–Trinajstić information content (AvgIpc) is 3.30. The van der Waals surface area contributed by atoms with Crippen molar-refractivity contribution in [1.29, 1.82) is 0 Å². The second-order valence-corrected chi connectivity index (χ2v) is 16.7. The maximum absolute atomic E-state index is 14.1. The van der Waals surface area contributed by atoms with Gasteiger partial charge in [-0.3, -0.25) is 57.5 Å². The van der Waals surface area contributed by atoms with Crippen molar-refractivity contribution in [2.45, 2.75) is 101 Å². The van der Waals surface area contributed by atoms with Crippen LogP contribution < -0.4 is 59.7 Å². The zero-order valence-electron chi connectivity index (χ0n) is 39.0. The number of nitrogens with one attached hydrogen (secondary N) is 8. The molecular formula is C45H62N12O13. The number of primary amides is 3. The summed E-state index contributed by atoms with van der Waals surface area (Å²) in [5.41, 5.74) is 17.1. The fourth-order valence-electron chi connectivity index (χ4n) is 7.01. The molecule has 3 unspecified atom stereocenters. The molecule has 25 nitrogen and oxygen atoms in total. The fourth-order valence-corrected chi connectivity index (χ4v) is 7.01. The second-order valence-electron chi connectivity index (χ2n) is 16.7. The van der Waals surface area contributed by atoms with Crippen LogP contribution in [0.15, 0.2) is 54.6 Å². The van der Waals surface area contributed by atoms with E-state index in [4.69, 9.17) is 17.2 Å². The van der Waals surface area contributed by atoms with Gasteiger partial charge in [-0.15, -0.1) is 0 Å². The van der Waals surface area contributed by atoms with E-state index in [1.54, 1.807) is 44.2 Å². The molecule has 15 N–H and O–H groups in total. The summed E-state index contributed by atoms with van der Waals surface area (Å²) < 4.78 is 0. The Morgan fingerprint density at radius 2 is 1.37 bits per heavy atom.